The predicted molar refractivity (Wildman–Crippen MR) is 122 cm³/mol. The van der Waals surface area contributed by atoms with Crippen LogP contribution < -0.4 is 10.6 Å². The second kappa shape index (κ2) is 7.61. The maximum atomic E-state index is 12.9. The lowest BCUT2D eigenvalue weighted by molar-refractivity contribution is 0.0930. The van der Waals surface area contributed by atoms with Crippen molar-refractivity contribution in [2.75, 3.05) is 11.9 Å². The first-order valence-corrected chi connectivity index (χ1v) is 11.5. The maximum absolute atomic E-state index is 12.9. The van der Waals surface area contributed by atoms with E-state index in [4.69, 9.17) is 27.6 Å². The Morgan fingerprint density at radius 2 is 2.00 bits per heavy atom. The van der Waals surface area contributed by atoms with Gasteiger partial charge in [-0.3, -0.25) is 9.69 Å². The van der Waals surface area contributed by atoms with Crippen molar-refractivity contribution in [3.63, 3.8) is 0 Å². The molecule has 3 aromatic rings. The SMILES string of the molecule is CC(C)N1CCc2c(sc3c2C(=O)NC(c2ccc(-c4ccc(Cl)c(Cl)c4)o2)N3)C1. The fourth-order valence-electron chi connectivity index (χ4n) is 4.03. The summed E-state index contributed by atoms with van der Waals surface area (Å²) < 4.78 is 6.04. The first kappa shape index (κ1) is 19.9. The van der Waals surface area contributed by atoms with Gasteiger partial charge in [0, 0.05) is 29.6 Å². The van der Waals surface area contributed by atoms with Crippen LogP contribution in [0.25, 0.3) is 11.3 Å². The van der Waals surface area contributed by atoms with Gasteiger partial charge in [0.15, 0.2) is 6.17 Å². The molecule has 5 nitrogen and oxygen atoms in total. The molecule has 0 radical (unpaired) electrons. The van der Waals surface area contributed by atoms with Crippen LogP contribution in [0, 0.1) is 0 Å². The Labute approximate surface area is 189 Å². The number of nitrogens with one attached hydrogen (secondary N) is 2. The van der Waals surface area contributed by atoms with E-state index in [1.54, 1.807) is 23.5 Å². The molecule has 156 valence electrons. The number of amides is 1. The molecule has 0 spiro atoms. The third kappa shape index (κ3) is 3.42. The molecule has 2 N–H and O–H groups in total. The third-order valence-electron chi connectivity index (χ3n) is 5.71. The van der Waals surface area contributed by atoms with Crippen LogP contribution in [0.1, 0.15) is 46.6 Å². The molecule has 30 heavy (non-hydrogen) atoms. The maximum Gasteiger partial charge on any atom is 0.256 e. The van der Waals surface area contributed by atoms with Crippen LogP contribution in [-0.2, 0) is 13.0 Å². The average Bonchev–Trinajstić information content (AvgIpc) is 3.34. The number of halogens is 2. The highest BCUT2D eigenvalue weighted by Gasteiger charge is 2.34. The van der Waals surface area contributed by atoms with E-state index in [9.17, 15) is 4.79 Å². The van der Waals surface area contributed by atoms with Crippen molar-refractivity contribution in [1.29, 1.82) is 0 Å². The number of carbonyl (C=O) groups is 1. The van der Waals surface area contributed by atoms with E-state index in [-0.39, 0.29) is 5.91 Å². The topological polar surface area (TPSA) is 57.5 Å². The summed E-state index contributed by atoms with van der Waals surface area (Å²) in [7, 11) is 0. The van der Waals surface area contributed by atoms with Crippen molar-refractivity contribution in [2.24, 2.45) is 0 Å². The first-order valence-electron chi connectivity index (χ1n) is 9.92. The molecule has 1 aromatic carbocycles. The molecular formula is C22H21Cl2N3O2S. The molecule has 4 heterocycles. The largest absolute Gasteiger partial charge is 0.457 e. The van der Waals surface area contributed by atoms with Gasteiger partial charge < -0.3 is 15.1 Å². The van der Waals surface area contributed by atoms with Crippen LogP contribution >= 0.6 is 34.5 Å². The summed E-state index contributed by atoms with van der Waals surface area (Å²) >= 11 is 13.8. The van der Waals surface area contributed by atoms with Gasteiger partial charge in [0.05, 0.1) is 15.6 Å². The van der Waals surface area contributed by atoms with Gasteiger partial charge in [-0.15, -0.1) is 11.3 Å². The van der Waals surface area contributed by atoms with Gasteiger partial charge in [-0.25, -0.2) is 0 Å². The second-order valence-electron chi connectivity index (χ2n) is 7.90. The first-order chi connectivity index (χ1) is 14.4. The van der Waals surface area contributed by atoms with Gasteiger partial charge in [-0.05, 0) is 56.2 Å². The molecule has 0 fully saturated rings. The molecule has 1 unspecified atom stereocenters. The van der Waals surface area contributed by atoms with Gasteiger partial charge in [0.2, 0.25) is 0 Å². The smallest absolute Gasteiger partial charge is 0.256 e. The van der Waals surface area contributed by atoms with E-state index < -0.39 is 6.17 Å². The zero-order valence-electron chi connectivity index (χ0n) is 16.6. The van der Waals surface area contributed by atoms with E-state index in [0.717, 1.165) is 35.6 Å². The van der Waals surface area contributed by atoms with E-state index in [1.807, 2.05) is 18.2 Å². The number of nitrogens with zero attached hydrogens (tertiary/aromatic N) is 1. The predicted octanol–water partition coefficient (Wildman–Crippen LogP) is 5.94. The number of furan rings is 1. The molecule has 2 aliphatic heterocycles. The molecule has 0 bridgehead atoms. The molecule has 0 saturated heterocycles. The Balaban J connectivity index is 1.41. The zero-order chi connectivity index (χ0) is 21.0. The Kier molecular flexibility index (Phi) is 5.06. The minimum absolute atomic E-state index is 0.0447. The Morgan fingerprint density at radius 1 is 1.17 bits per heavy atom. The summed E-state index contributed by atoms with van der Waals surface area (Å²) in [5.41, 5.74) is 2.82. The number of anilines is 1. The zero-order valence-corrected chi connectivity index (χ0v) is 18.9. The number of rotatable bonds is 3. The van der Waals surface area contributed by atoms with Gasteiger partial charge >= 0.3 is 0 Å². The minimum atomic E-state index is -0.414. The van der Waals surface area contributed by atoms with Crippen LogP contribution in [-0.4, -0.2) is 23.4 Å². The lowest BCUT2D eigenvalue weighted by atomic mass is 10.0. The Morgan fingerprint density at radius 3 is 2.77 bits per heavy atom. The van der Waals surface area contributed by atoms with Crippen molar-refractivity contribution in [3.05, 3.63) is 62.1 Å². The van der Waals surface area contributed by atoms with Crippen molar-refractivity contribution >= 4 is 45.4 Å². The summed E-state index contributed by atoms with van der Waals surface area (Å²) in [6, 6.07) is 9.61. The molecule has 2 aromatic heterocycles. The molecule has 2 aliphatic rings. The summed E-state index contributed by atoms with van der Waals surface area (Å²) in [6.45, 7) is 6.30. The van der Waals surface area contributed by atoms with Crippen molar-refractivity contribution < 1.29 is 9.21 Å². The van der Waals surface area contributed by atoms with Gasteiger partial charge in [-0.2, -0.15) is 0 Å². The van der Waals surface area contributed by atoms with Crippen LogP contribution in [0.4, 0.5) is 5.00 Å². The lowest BCUT2D eigenvalue weighted by Crippen LogP contribution is -2.39. The third-order valence-corrected chi connectivity index (χ3v) is 7.60. The highest BCUT2D eigenvalue weighted by atomic mass is 35.5. The fourth-order valence-corrected chi connectivity index (χ4v) is 5.63. The Bertz CT molecular complexity index is 1140. The number of hydrogen-bond acceptors (Lipinski definition) is 5. The van der Waals surface area contributed by atoms with Crippen LogP contribution in [0.3, 0.4) is 0 Å². The number of thiophene rings is 1. The average molecular weight is 462 g/mol. The molecule has 0 aliphatic carbocycles. The van der Waals surface area contributed by atoms with Gasteiger partial charge in [0.25, 0.3) is 5.91 Å². The van der Waals surface area contributed by atoms with E-state index in [2.05, 4.69) is 29.4 Å². The summed E-state index contributed by atoms with van der Waals surface area (Å²) in [6.07, 6.45) is 0.490. The highest BCUT2D eigenvalue weighted by molar-refractivity contribution is 7.16. The molecule has 8 heteroatoms. The normalized spacial score (nSPS) is 18.7. The number of hydrogen-bond donors (Lipinski definition) is 2. The number of carbonyl (C=O) groups excluding carboxylic acids is 1. The highest BCUT2D eigenvalue weighted by Crippen LogP contribution is 2.41. The van der Waals surface area contributed by atoms with E-state index in [1.165, 1.54) is 10.4 Å². The van der Waals surface area contributed by atoms with Crippen molar-refractivity contribution in [3.8, 4) is 11.3 Å². The van der Waals surface area contributed by atoms with Crippen molar-refractivity contribution in [2.45, 2.75) is 39.0 Å². The fraction of sp³-hybridized carbons (Fsp3) is 0.318. The summed E-state index contributed by atoms with van der Waals surface area (Å²) in [5.74, 6) is 1.27. The van der Waals surface area contributed by atoms with Gasteiger partial charge in [-0.1, -0.05) is 23.2 Å². The summed E-state index contributed by atoms with van der Waals surface area (Å²) in [5, 5.41) is 8.40. The summed E-state index contributed by atoms with van der Waals surface area (Å²) in [4.78, 5) is 16.7. The van der Waals surface area contributed by atoms with E-state index >= 15 is 0 Å². The Hall–Kier alpha value is -1.99. The van der Waals surface area contributed by atoms with Crippen LogP contribution in [0.5, 0.6) is 0 Å². The second-order valence-corrected chi connectivity index (χ2v) is 9.82. The molecular weight excluding hydrogens is 441 g/mol. The van der Waals surface area contributed by atoms with Gasteiger partial charge in [0.1, 0.15) is 16.5 Å². The lowest BCUT2D eigenvalue weighted by Gasteiger charge is -2.30. The quantitative estimate of drug-likeness (QED) is 0.506. The van der Waals surface area contributed by atoms with Crippen molar-refractivity contribution in [1.82, 2.24) is 10.2 Å². The number of fused-ring (bicyclic) bond motifs is 3. The molecule has 5 rings (SSSR count). The van der Waals surface area contributed by atoms with E-state index in [0.29, 0.717) is 27.6 Å². The standard InChI is InChI=1S/C22H21Cl2N3O2S/c1-11(2)27-8-7-13-18(10-27)30-22-19(13)21(28)25-20(26-22)17-6-5-16(29-17)12-3-4-14(23)15(24)9-12/h3-6,9,11,20,26H,7-8,10H2,1-2H3,(H,25,28). The molecule has 1 atom stereocenters. The molecule has 1 amide bonds. The number of benzene rings is 1. The van der Waals surface area contributed by atoms with Crippen LogP contribution in [0.15, 0.2) is 34.7 Å². The van der Waals surface area contributed by atoms with Crippen LogP contribution in [0.2, 0.25) is 10.0 Å². The minimum Gasteiger partial charge on any atom is -0.457 e. The molecule has 0 saturated carbocycles. The monoisotopic (exact) mass is 461 g/mol.